The van der Waals surface area contributed by atoms with Gasteiger partial charge in [0.05, 0.1) is 0 Å². The molecule has 0 aliphatic carbocycles. The lowest BCUT2D eigenvalue weighted by atomic mass is 9.93. The van der Waals surface area contributed by atoms with Crippen molar-refractivity contribution in [3.05, 3.63) is 152 Å². The Bertz CT molecular complexity index is 2540. The smallest absolute Gasteiger partial charge is 0.164 e. The molecule has 2 heterocycles. The predicted molar refractivity (Wildman–Crippen MR) is 184 cm³/mol. The lowest BCUT2D eigenvalue weighted by Crippen LogP contribution is -2.01. The van der Waals surface area contributed by atoms with Crippen LogP contribution in [-0.2, 0) is 0 Å². The first-order valence-corrected chi connectivity index (χ1v) is 15.0. The van der Waals surface area contributed by atoms with E-state index >= 15 is 0 Å². The van der Waals surface area contributed by atoms with E-state index in [1.165, 1.54) is 5.39 Å². The Kier molecular flexibility index (Phi) is 5.78. The van der Waals surface area contributed by atoms with Gasteiger partial charge in [0.15, 0.2) is 17.5 Å². The van der Waals surface area contributed by atoms with Crippen LogP contribution in [0.25, 0.3) is 88.8 Å². The van der Waals surface area contributed by atoms with Crippen LogP contribution in [0.2, 0.25) is 0 Å². The Labute approximate surface area is 259 Å². The monoisotopic (exact) mass is 575 g/mol. The maximum atomic E-state index is 6.27. The van der Waals surface area contributed by atoms with Gasteiger partial charge in [0.2, 0.25) is 0 Å². The third kappa shape index (κ3) is 4.35. The highest BCUT2D eigenvalue weighted by molar-refractivity contribution is 6.09. The van der Waals surface area contributed by atoms with E-state index in [0.29, 0.717) is 17.5 Å². The van der Waals surface area contributed by atoms with Crippen LogP contribution in [0.4, 0.5) is 0 Å². The predicted octanol–water partition coefficient (Wildman–Crippen LogP) is 10.7. The third-order valence-corrected chi connectivity index (χ3v) is 8.51. The van der Waals surface area contributed by atoms with Crippen LogP contribution in [0.3, 0.4) is 0 Å². The van der Waals surface area contributed by atoms with Gasteiger partial charge in [-0.25, -0.2) is 15.0 Å². The van der Waals surface area contributed by atoms with Crippen molar-refractivity contribution in [3.8, 4) is 45.3 Å². The first kappa shape index (κ1) is 25.4. The lowest BCUT2D eigenvalue weighted by molar-refractivity contribution is 0.669. The summed E-state index contributed by atoms with van der Waals surface area (Å²) < 4.78 is 6.27. The van der Waals surface area contributed by atoms with Crippen molar-refractivity contribution in [3.63, 3.8) is 0 Å². The number of para-hydroxylation sites is 1. The number of furan rings is 1. The first-order valence-electron chi connectivity index (χ1n) is 15.0. The minimum atomic E-state index is 0.634. The standard InChI is InChI=1S/C41H25N3O/c1-2-11-28(12-3-1)39-42-40(31-21-20-26-10-4-5-13-29(26)24-31)44-41(43-39)35-18-9-15-27-14-8-17-32(38(27)35)30-22-23-34-33-16-6-7-19-36(33)45-37(34)25-30/h1-25H. The van der Waals surface area contributed by atoms with E-state index in [0.717, 1.165) is 65.9 Å². The van der Waals surface area contributed by atoms with Gasteiger partial charge in [-0.2, -0.15) is 0 Å². The largest absolute Gasteiger partial charge is 0.456 e. The molecule has 0 aliphatic rings. The zero-order chi connectivity index (χ0) is 29.7. The highest BCUT2D eigenvalue weighted by atomic mass is 16.3. The number of hydrogen-bond donors (Lipinski definition) is 0. The molecule has 0 saturated heterocycles. The molecule has 0 aliphatic heterocycles. The van der Waals surface area contributed by atoms with Gasteiger partial charge >= 0.3 is 0 Å². The molecule has 7 aromatic carbocycles. The van der Waals surface area contributed by atoms with Crippen molar-refractivity contribution < 1.29 is 4.42 Å². The van der Waals surface area contributed by atoms with Crippen molar-refractivity contribution in [2.24, 2.45) is 0 Å². The summed E-state index contributed by atoms with van der Waals surface area (Å²) in [4.78, 5) is 15.2. The van der Waals surface area contributed by atoms with E-state index in [2.05, 4.69) is 103 Å². The number of rotatable bonds is 4. The summed E-state index contributed by atoms with van der Waals surface area (Å²) in [6, 6.07) is 52.2. The van der Waals surface area contributed by atoms with Crippen LogP contribution in [0.5, 0.6) is 0 Å². The van der Waals surface area contributed by atoms with Crippen LogP contribution in [-0.4, -0.2) is 15.0 Å². The number of nitrogens with zero attached hydrogens (tertiary/aromatic N) is 3. The van der Waals surface area contributed by atoms with E-state index in [1.54, 1.807) is 0 Å². The summed E-state index contributed by atoms with van der Waals surface area (Å²) in [5.74, 6) is 1.92. The van der Waals surface area contributed by atoms with Crippen molar-refractivity contribution in [1.82, 2.24) is 15.0 Å². The molecule has 0 N–H and O–H groups in total. The molecular weight excluding hydrogens is 550 g/mol. The molecular formula is C41H25N3O. The Morgan fingerprint density at radius 3 is 1.87 bits per heavy atom. The maximum absolute atomic E-state index is 6.27. The Morgan fingerprint density at radius 2 is 1.00 bits per heavy atom. The Hall–Kier alpha value is -6.13. The van der Waals surface area contributed by atoms with E-state index < -0.39 is 0 Å². The minimum Gasteiger partial charge on any atom is -0.456 e. The van der Waals surface area contributed by atoms with Gasteiger partial charge in [-0.05, 0) is 51.6 Å². The highest BCUT2D eigenvalue weighted by Gasteiger charge is 2.17. The summed E-state index contributed by atoms with van der Waals surface area (Å²) in [5, 5.41) is 6.76. The second-order valence-electron chi connectivity index (χ2n) is 11.3. The highest BCUT2D eigenvalue weighted by Crippen LogP contribution is 2.39. The summed E-state index contributed by atoms with van der Waals surface area (Å²) >= 11 is 0. The molecule has 210 valence electrons. The summed E-state index contributed by atoms with van der Waals surface area (Å²) in [7, 11) is 0. The Morgan fingerprint density at radius 1 is 0.356 bits per heavy atom. The molecule has 0 amide bonds. The molecule has 9 aromatic rings. The van der Waals surface area contributed by atoms with Crippen LogP contribution in [0.15, 0.2) is 156 Å². The molecule has 4 heteroatoms. The molecule has 2 aromatic heterocycles. The number of benzene rings is 7. The van der Waals surface area contributed by atoms with Crippen molar-refractivity contribution in [1.29, 1.82) is 0 Å². The van der Waals surface area contributed by atoms with Crippen LogP contribution < -0.4 is 0 Å². The molecule has 0 unspecified atom stereocenters. The molecule has 0 bridgehead atoms. The van der Waals surface area contributed by atoms with Gasteiger partial charge in [-0.3, -0.25) is 0 Å². The molecule has 4 nitrogen and oxygen atoms in total. The molecule has 9 rings (SSSR count). The number of fused-ring (bicyclic) bond motifs is 5. The molecule has 0 saturated carbocycles. The molecule has 0 fully saturated rings. The van der Waals surface area contributed by atoms with Gasteiger partial charge in [0, 0.05) is 32.8 Å². The number of hydrogen-bond acceptors (Lipinski definition) is 4. The van der Waals surface area contributed by atoms with Crippen LogP contribution in [0.1, 0.15) is 0 Å². The second-order valence-corrected chi connectivity index (χ2v) is 11.3. The van der Waals surface area contributed by atoms with E-state index in [9.17, 15) is 0 Å². The second kappa shape index (κ2) is 10.2. The van der Waals surface area contributed by atoms with Crippen LogP contribution >= 0.6 is 0 Å². The molecule has 45 heavy (non-hydrogen) atoms. The fraction of sp³-hybridized carbons (Fsp3) is 0. The molecule has 0 radical (unpaired) electrons. The fourth-order valence-corrected chi connectivity index (χ4v) is 6.33. The zero-order valence-electron chi connectivity index (χ0n) is 24.2. The summed E-state index contributed by atoms with van der Waals surface area (Å²) in [6.07, 6.45) is 0. The molecule has 0 atom stereocenters. The van der Waals surface area contributed by atoms with Crippen LogP contribution in [0, 0.1) is 0 Å². The van der Waals surface area contributed by atoms with Gasteiger partial charge < -0.3 is 4.42 Å². The SMILES string of the molecule is c1ccc(-c2nc(-c3ccc4ccccc4c3)nc(-c3cccc4cccc(-c5ccc6c(c5)oc5ccccc56)c34)n2)cc1. The average molecular weight is 576 g/mol. The van der Waals surface area contributed by atoms with E-state index in [-0.39, 0.29) is 0 Å². The maximum Gasteiger partial charge on any atom is 0.164 e. The molecule has 0 spiro atoms. The quantitative estimate of drug-likeness (QED) is 0.209. The summed E-state index contributed by atoms with van der Waals surface area (Å²) in [6.45, 7) is 0. The van der Waals surface area contributed by atoms with Crippen molar-refractivity contribution >= 4 is 43.5 Å². The van der Waals surface area contributed by atoms with Crippen molar-refractivity contribution in [2.75, 3.05) is 0 Å². The number of aromatic nitrogens is 3. The average Bonchev–Trinajstić information content (AvgIpc) is 3.49. The summed E-state index contributed by atoms with van der Waals surface area (Å²) in [5.41, 5.74) is 6.78. The van der Waals surface area contributed by atoms with Gasteiger partial charge in [-0.15, -0.1) is 0 Å². The van der Waals surface area contributed by atoms with Crippen molar-refractivity contribution in [2.45, 2.75) is 0 Å². The topological polar surface area (TPSA) is 51.8 Å². The van der Waals surface area contributed by atoms with E-state index in [4.69, 9.17) is 19.4 Å². The normalized spacial score (nSPS) is 11.6. The fourth-order valence-electron chi connectivity index (χ4n) is 6.33. The third-order valence-electron chi connectivity index (χ3n) is 8.51. The lowest BCUT2D eigenvalue weighted by Gasteiger charge is -2.13. The first-order chi connectivity index (χ1) is 22.3. The van der Waals surface area contributed by atoms with Gasteiger partial charge in [0.1, 0.15) is 11.2 Å². The van der Waals surface area contributed by atoms with Gasteiger partial charge in [0.25, 0.3) is 0 Å². The minimum absolute atomic E-state index is 0.634. The van der Waals surface area contributed by atoms with E-state index in [1.807, 2.05) is 48.5 Å². The Balaban J connectivity index is 1.28. The zero-order valence-corrected chi connectivity index (χ0v) is 24.2. The van der Waals surface area contributed by atoms with Gasteiger partial charge in [-0.1, -0.05) is 127 Å².